The molecule has 5 heteroatoms. The van der Waals surface area contributed by atoms with Crippen molar-refractivity contribution in [3.05, 3.63) is 16.8 Å². The molecule has 1 aliphatic heterocycles. The lowest BCUT2D eigenvalue weighted by Gasteiger charge is -2.33. The Morgan fingerprint density at radius 3 is 2.47 bits per heavy atom. The zero-order valence-electron chi connectivity index (χ0n) is 12.0. The van der Waals surface area contributed by atoms with E-state index in [1.165, 1.54) is 19.3 Å². The molecule has 0 unspecified atom stereocenters. The van der Waals surface area contributed by atoms with Crippen LogP contribution in [0, 0.1) is 25.2 Å². The summed E-state index contributed by atoms with van der Waals surface area (Å²) in [7, 11) is 0. The molecule has 1 aromatic heterocycles. The van der Waals surface area contributed by atoms with Crippen LogP contribution in [-0.2, 0) is 0 Å². The number of hydrogen-bond acceptors (Lipinski definition) is 4. The van der Waals surface area contributed by atoms with E-state index < -0.39 is 0 Å². The van der Waals surface area contributed by atoms with Gasteiger partial charge in [0.05, 0.1) is 11.3 Å². The summed E-state index contributed by atoms with van der Waals surface area (Å²) < 4.78 is 0. The Balaban J connectivity index is 2.30. The molecule has 0 aromatic carbocycles. The highest BCUT2D eigenvalue weighted by Crippen LogP contribution is 2.27. The number of piperidine rings is 1. The van der Waals surface area contributed by atoms with Gasteiger partial charge in [0.2, 0.25) is 0 Å². The maximum absolute atomic E-state index is 7.79. The Morgan fingerprint density at radius 2 is 1.95 bits per heavy atom. The smallest absolute Gasteiger partial charge is 0.162 e. The fraction of sp³-hybridized carbons (Fsp3) is 0.643. The van der Waals surface area contributed by atoms with Gasteiger partial charge in [-0.2, -0.15) is 5.10 Å². The highest BCUT2D eigenvalue weighted by molar-refractivity contribution is 6.01. The molecule has 1 aliphatic rings. The largest absolute Gasteiger partial charge is 0.384 e. The molecule has 0 bridgehead atoms. The molecule has 5 nitrogen and oxygen atoms in total. The average molecular weight is 261 g/mol. The van der Waals surface area contributed by atoms with E-state index in [0.717, 1.165) is 41.6 Å². The number of nitrogens with zero attached hydrogens (tertiary/aromatic N) is 3. The molecule has 2 heterocycles. The van der Waals surface area contributed by atoms with E-state index in [0.29, 0.717) is 0 Å². The summed E-state index contributed by atoms with van der Waals surface area (Å²) in [5.74, 6) is 1.69. The lowest BCUT2D eigenvalue weighted by molar-refractivity contribution is 0.393. The van der Waals surface area contributed by atoms with E-state index >= 15 is 0 Å². The van der Waals surface area contributed by atoms with Crippen LogP contribution in [0.15, 0.2) is 0 Å². The summed E-state index contributed by atoms with van der Waals surface area (Å²) in [5.41, 5.74) is 8.30. The molecule has 0 atom stereocenters. The van der Waals surface area contributed by atoms with Crippen LogP contribution in [0.2, 0.25) is 0 Å². The van der Waals surface area contributed by atoms with Crippen molar-refractivity contribution in [2.45, 2.75) is 40.0 Å². The monoisotopic (exact) mass is 261 g/mol. The van der Waals surface area contributed by atoms with E-state index in [1.54, 1.807) is 0 Å². The fourth-order valence-corrected chi connectivity index (χ4v) is 2.69. The van der Waals surface area contributed by atoms with Crippen molar-refractivity contribution in [3.8, 4) is 0 Å². The summed E-state index contributed by atoms with van der Waals surface area (Å²) in [6.45, 7) is 8.08. The predicted octanol–water partition coefficient (Wildman–Crippen LogP) is 2.00. The molecule has 1 saturated heterocycles. The minimum atomic E-state index is 0.0862. The first-order chi connectivity index (χ1) is 9.04. The zero-order valence-corrected chi connectivity index (χ0v) is 12.0. The number of rotatable bonds is 3. The summed E-state index contributed by atoms with van der Waals surface area (Å²) >= 11 is 0. The van der Waals surface area contributed by atoms with E-state index in [4.69, 9.17) is 11.1 Å². The number of hydrogen-bond donors (Lipinski definition) is 2. The number of aromatic nitrogens is 2. The summed E-state index contributed by atoms with van der Waals surface area (Å²) in [5, 5.41) is 16.3. The van der Waals surface area contributed by atoms with Gasteiger partial charge in [0, 0.05) is 13.1 Å². The Morgan fingerprint density at radius 1 is 1.32 bits per heavy atom. The molecular weight excluding hydrogens is 238 g/mol. The van der Waals surface area contributed by atoms with E-state index in [1.807, 2.05) is 13.8 Å². The Hall–Kier alpha value is -1.65. The molecule has 0 spiro atoms. The van der Waals surface area contributed by atoms with Crippen LogP contribution in [-0.4, -0.2) is 29.1 Å². The van der Waals surface area contributed by atoms with E-state index in [-0.39, 0.29) is 5.84 Å². The molecule has 104 valence electrons. The third-order valence-electron chi connectivity index (χ3n) is 4.20. The van der Waals surface area contributed by atoms with Gasteiger partial charge < -0.3 is 10.6 Å². The van der Waals surface area contributed by atoms with Gasteiger partial charge in [0.25, 0.3) is 0 Å². The Kier molecular flexibility index (Phi) is 4.02. The molecular formula is C14H23N5. The lowest BCUT2D eigenvalue weighted by atomic mass is 9.94. The summed E-state index contributed by atoms with van der Waals surface area (Å²) in [4.78, 5) is 2.22. The van der Waals surface area contributed by atoms with Crippen molar-refractivity contribution in [1.29, 1.82) is 5.41 Å². The molecule has 0 radical (unpaired) electrons. The summed E-state index contributed by atoms with van der Waals surface area (Å²) in [6, 6.07) is 0. The SMILES string of the molecule is CCC1CCN(c2nnc(C)c(C)c2C(=N)N)CC1. The first-order valence-corrected chi connectivity index (χ1v) is 6.97. The van der Waals surface area contributed by atoms with Crippen LogP contribution in [0.5, 0.6) is 0 Å². The van der Waals surface area contributed by atoms with Crippen LogP contribution in [0.3, 0.4) is 0 Å². The van der Waals surface area contributed by atoms with E-state index in [2.05, 4.69) is 22.0 Å². The van der Waals surface area contributed by atoms with Crippen LogP contribution in [0.4, 0.5) is 5.82 Å². The molecule has 0 amide bonds. The topological polar surface area (TPSA) is 78.9 Å². The lowest BCUT2D eigenvalue weighted by Crippen LogP contribution is -2.36. The van der Waals surface area contributed by atoms with E-state index in [9.17, 15) is 0 Å². The second-order valence-corrected chi connectivity index (χ2v) is 5.36. The third-order valence-corrected chi connectivity index (χ3v) is 4.20. The van der Waals surface area contributed by atoms with Gasteiger partial charge >= 0.3 is 0 Å². The third kappa shape index (κ3) is 2.69. The first kappa shape index (κ1) is 13.8. The number of anilines is 1. The molecule has 1 fully saturated rings. The average Bonchev–Trinajstić information content (AvgIpc) is 2.41. The number of nitrogens with one attached hydrogen (secondary N) is 1. The number of amidine groups is 1. The van der Waals surface area contributed by atoms with Crippen LogP contribution in [0.1, 0.15) is 43.0 Å². The first-order valence-electron chi connectivity index (χ1n) is 6.97. The van der Waals surface area contributed by atoms with Gasteiger partial charge in [-0.25, -0.2) is 0 Å². The van der Waals surface area contributed by atoms with Gasteiger partial charge in [-0.3, -0.25) is 5.41 Å². The molecule has 1 aromatic rings. The van der Waals surface area contributed by atoms with Crippen LogP contribution < -0.4 is 10.6 Å². The van der Waals surface area contributed by atoms with Crippen molar-refractivity contribution in [2.75, 3.05) is 18.0 Å². The van der Waals surface area contributed by atoms with Crippen LogP contribution >= 0.6 is 0 Å². The maximum Gasteiger partial charge on any atom is 0.162 e. The number of aryl methyl sites for hydroxylation is 1. The van der Waals surface area contributed by atoms with Crippen molar-refractivity contribution in [1.82, 2.24) is 10.2 Å². The Bertz CT molecular complexity index is 475. The molecule has 19 heavy (non-hydrogen) atoms. The van der Waals surface area contributed by atoms with Gasteiger partial charge in [-0.15, -0.1) is 5.10 Å². The maximum atomic E-state index is 7.79. The summed E-state index contributed by atoms with van der Waals surface area (Å²) in [6.07, 6.45) is 3.61. The quantitative estimate of drug-likeness (QED) is 0.644. The normalized spacial score (nSPS) is 16.7. The predicted molar refractivity (Wildman–Crippen MR) is 77.8 cm³/mol. The molecule has 0 saturated carbocycles. The minimum Gasteiger partial charge on any atom is -0.384 e. The number of nitrogens with two attached hydrogens (primary N) is 1. The van der Waals surface area contributed by atoms with Gasteiger partial charge in [-0.05, 0) is 38.2 Å². The molecule has 0 aliphatic carbocycles. The van der Waals surface area contributed by atoms with Gasteiger partial charge in [0.15, 0.2) is 5.82 Å². The minimum absolute atomic E-state index is 0.0862. The number of nitrogen functional groups attached to an aromatic ring is 1. The standard InChI is InChI=1S/C14H23N5/c1-4-11-5-7-19(8-6-11)14-12(13(15)16)9(2)10(3)17-18-14/h11H,4-8H2,1-3H3,(H3,15,16). The van der Waals surface area contributed by atoms with Crippen molar-refractivity contribution in [2.24, 2.45) is 11.7 Å². The van der Waals surface area contributed by atoms with Gasteiger partial charge in [-0.1, -0.05) is 13.3 Å². The van der Waals surface area contributed by atoms with Gasteiger partial charge in [0.1, 0.15) is 5.84 Å². The van der Waals surface area contributed by atoms with Crippen LogP contribution in [0.25, 0.3) is 0 Å². The van der Waals surface area contributed by atoms with Crippen molar-refractivity contribution < 1.29 is 0 Å². The Labute approximate surface area is 114 Å². The molecule has 2 rings (SSSR count). The molecule has 3 N–H and O–H groups in total. The fourth-order valence-electron chi connectivity index (χ4n) is 2.69. The van der Waals surface area contributed by atoms with Crippen molar-refractivity contribution >= 4 is 11.7 Å². The highest BCUT2D eigenvalue weighted by atomic mass is 15.3. The van der Waals surface area contributed by atoms with Crippen molar-refractivity contribution in [3.63, 3.8) is 0 Å². The highest BCUT2D eigenvalue weighted by Gasteiger charge is 2.23. The second kappa shape index (κ2) is 5.55. The second-order valence-electron chi connectivity index (χ2n) is 5.36. The zero-order chi connectivity index (χ0) is 14.0.